The van der Waals surface area contributed by atoms with E-state index in [4.69, 9.17) is 11.6 Å². The number of fused-ring (bicyclic) bond motifs is 1. The maximum Gasteiger partial charge on any atom is 0.253 e. The minimum absolute atomic E-state index is 0.224. The monoisotopic (exact) mass is 363 g/mol. The van der Waals surface area contributed by atoms with Gasteiger partial charge >= 0.3 is 0 Å². The van der Waals surface area contributed by atoms with Crippen LogP contribution in [-0.4, -0.2) is 15.5 Å². The van der Waals surface area contributed by atoms with E-state index in [1.165, 1.54) is 0 Å². The van der Waals surface area contributed by atoms with Crippen molar-refractivity contribution in [2.75, 3.05) is 0 Å². The molecule has 3 rings (SSSR count). The fourth-order valence-electron chi connectivity index (χ4n) is 2.02. The maximum atomic E-state index is 12.2. The molecule has 0 saturated carbocycles. The summed E-state index contributed by atoms with van der Waals surface area (Å²) in [5, 5.41) is 7.62. The van der Waals surface area contributed by atoms with E-state index in [9.17, 15) is 4.79 Å². The molecule has 2 heterocycles. The lowest BCUT2D eigenvalue weighted by Gasteiger charge is -2.05. The molecular weight excluding hydrogens is 354 g/mol. The van der Waals surface area contributed by atoms with E-state index in [1.54, 1.807) is 22.7 Å². The van der Waals surface area contributed by atoms with Gasteiger partial charge in [0.1, 0.15) is 0 Å². The van der Waals surface area contributed by atoms with E-state index >= 15 is 0 Å². The minimum atomic E-state index is -0.224. The van der Waals surface area contributed by atoms with Crippen molar-refractivity contribution >= 4 is 39.0 Å². The van der Waals surface area contributed by atoms with Gasteiger partial charge in [-0.2, -0.15) is 5.10 Å². The van der Waals surface area contributed by atoms with Crippen LogP contribution in [0.5, 0.6) is 0 Å². The van der Waals surface area contributed by atoms with Crippen molar-refractivity contribution in [2.24, 2.45) is 0 Å². The van der Waals surface area contributed by atoms with Crippen molar-refractivity contribution in [2.45, 2.75) is 6.54 Å². The summed E-state index contributed by atoms with van der Waals surface area (Å²) in [6, 6.07) is 12.9. The van der Waals surface area contributed by atoms with Gasteiger partial charge in [0.25, 0.3) is 5.91 Å². The average molecular weight is 365 g/mol. The molecule has 0 unspecified atom stereocenters. The second-order valence-corrected chi connectivity index (χ2v) is 5.84. The molecule has 4 nitrogen and oxygen atoms in total. The summed E-state index contributed by atoms with van der Waals surface area (Å²) < 4.78 is 2.58. The number of hydrogen-bond acceptors (Lipinski definition) is 2. The first-order chi connectivity index (χ1) is 10.1. The molecule has 0 bridgehead atoms. The van der Waals surface area contributed by atoms with Gasteiger partial charge in [-0.05, 0) is 36.4 Å². The number of halogens is 2. The van der Waals surface area contributed by atoms with Gasteiger partial charge in [0.2, 0.25) is 0 Å². The SMILES string of the molecule is O=C(NCc1cc2ccccn2n1)c1cc(Br)ccc1Cl. The highest BCUT2D eigenvalue weighted by Gasteiger charge is 2.11. The Labute approximate surface area is 134 Å². The molecule has 21 heavy (non-hydrogen) atoms. The molecule has 1 N–H and O–H groups in total. The van der Waals surface area contributed by atoms with Crippen LogP contribution < -0.4 is 5.32 Å². The number of amides is 1. The van der Waals surface area contributed by atoms with Crippen molar-refractivity contribution in [1.82, 2.24) is 14.9 Å². The molecule has 1 amide bonds. The van der Waals surface area contributed by atoms with Crippen LogP contribution in [0.15, 0.2) is 53.1 Å². The molecule has 6 heteroatoms. The van der Waals surface area contributed by atoms with E-state index in [2.05, 4.69) is 26.3 Å². The second kappa shape index (κ2) is 5.87. The fraction of sp³-hybridized carbons (Fsp3) is 0.0667. The average Bonchev–Trinajstić information content (AvgIpc) is 2.90. The van der Waals surface area contributed by atoms with Crippen LogP contribution in [0.1, 0.15) is 16.1 Å². The molecular formula is C15H11BrClN3O. The third-order valence-electron chi connectivity index (χ3n) is 3.02. The maximum absolute atomic E-state index is 12.2. The van der Waals surface area contributed by atoms with Crippen molar-refractivity contribution < 1.29 is 4.79 Å². The van der Waals surface area contributed by atoms with Crippen molar-refractivity contribution in [3.05, 3.63) is 69.4 Å². The van der Waals surface area contributed by atoms with E-state index in [0.717, 1.165) is 15.7 Å². The van der Waals surface area contributed by atoms with Gasteiger partial charge in [-0.15, -0.1) is 0 Å². The third-order valence-corrected chi connectivity index (χ3v) is 3.85. The van der Waals surface area contributed by atoms with Crippen LogP contribution in [0.25, 0.3) is 5.52 Å². The highest BCUT2D eigenvalue weighted by molar-refractivity contribution is 9.10. The molecule has 0 spiro atoms. The molecule has 3 aromatic rings. The molecule has 106 valence electrons. The lowest BCUT2D eigenvalue weighted by Crippen LogP contribution is -2.23. The van der Waals surface area contributed by atoms with Crippen LogP contribution in [0.3, 0.4) is 0 Å². The largest absolute Gasteiger partial charge is 0.346 e. The number of nitrogens with zero attached hydrogens (tertiary/aromatic N) is 2. The minimum Gasteiger partial charge on any atom is -0.346 e. The number of rotatable bonds is 3. The van der Waals surface area contributed by atoms with Gasteiger partial charge in [0, 0.05) is 10.7 Å². The number of aromatic nitrogens is 2. The Bertz CT molecular complexity index is 783. The number of nitrogens with one attached hydrogen (secondary N) is 1. The number of carbonyl (C=O) groups is 1. The summed E-state index contributed by atoms with van der Waals surface area (Å²) >= 11 is 9.37. The number of hydrogen-bond donors (Lipinski definition) is 1. The van der Waals surface area contributed by atoms with Crippen LogP contribution in [0.4, 0.5) is 0 Å². The molecule has 0 aliphatic heterocycles. The molecule has 0 radical (unpaired) electrons. The van der Waals surface area contributed by atoms with E-state index in [-0.39, 0.29) is 5.91 Å². The summed E-state index contributed by atoms with van der Waals surface area (Å²) in [5.74, 6) is -0.224. The summed E-state index contributed by atoms with van der Waals surface area (Å²) in [4.78, 5) is 12.2. The molecule has 0 saturated heterocycles. The Morgan fingerprint density at radius 3 is 2.95 bits per heavy atom. The second-order valence-electron chi connectivity index (χ2n) is 4.51. The quantitative estimate of drug-likeness (QED) is 0.770. The zero-order chi connectivity index (χ0) is 14.8. The predicted octanol–water partition coefficient (Wildman–Crippen LogP) is 3.68. The van der Waals surface area contributed by atoms with Gasteiger partial charge < -0.3 is 5.32 Å². The summed E-state index contributed by atoms with van der Waals surface area (Å²) in [6.45, 7) is 0.351. The van der Waals surface area contributed by atoms with Gasteiger partial charge in [-0.25, -0.2) is 4.52 Å². The Morgan fingerprint density at radius 2 is 2.14 bits per heavy atom. The normalized spacial score (nSPS) is 10.8. The zero-order valence-electron chi connectivity index (χ0n) is 10.9. The third kappa shape index (κ3) is 3.09. The van der Waals surface area contributed by atoms with Crippen LogP contribution in [0, 0.1) is 0 Å². The Kier molecular flexibility index (Phi) is 3.94. The number of pyridine rings is 1. The Morgan fingerprint density at radius 1 is 1.29 bits per heavy atom. The van der Waals surface area contributed by atoms with Crippen LogP contribution in [-0.2, 0) is 6.54 Å². The van der Waals surface area contributed by atoms with Crippen molar-refractivity contribution in [1.29, 1.82) is 0 Å². The Balaban J connectivity index is 1.74. The summed E-state index contributed by atoms with van der Waals surface area (Å²) in [6.07, 6.45) is 1.87. The molecule has 0 aliphatic rings. The van der Waals surface area contributed by atoms with E-state index in [1.807, 2.05) is 30.5 Å². The summed E-state index contributed by atoms with van der Waals surface area (Å²) in [5.41, 5.74) is 2.22. The van der Waals surface area contributed by atoms with Gasteiger partial charge in [0.05, 0.1) is 28.3 Å². The van der Waals surface area contributed by atoms with Gasteiger partial charge in [-0.3, -0.25) is 4.79 Å². The molecule has 0 atom stereocenters. The molecule has 0 fully saturated rings. The predicted molar refractivity (Wildman–Crippen MR) is 85.5 cm³/mol. The molecule has 2 aromatic heterocycles. The van der Waals surface area contributed by atoms with Gasteiger partial charge in [-0.1, -0.05) is 33.6 Å². The van der Waals surface area contributed by atoms with Crippen LogP contribution >= 0.6 is 27.5 Å². The standard InChI is InChI=1S/C15H11BrClN3O/c16-10-4-5-14(17)13(7-10)15(21)18-9-11-8-12-3-1-2-6-20(12)19-11/h1-8H,9H2,(H,18,21). The first-order valence-electron chi connectivity index (χ1n) is 6.30. The fourth-order valence-corrected chi connectivity index (χ4v) is 2.58. The van der Waals surface area contributed by atoms with Crippen molar-refractivity contribution in [3.63, 3.8) is 0 Å². The highest BCUT2D eigenvalue weighted by atomic mass is 79.9. The van der Waals surface area contributed by atoms with Gasteiger partial charge in [0.15, 0.2) is 0 Å². The van der Waals surface area contributed by atoms with Crippen molar-refractivity contribution in [3.8, 4) is 0 Å². The first-order valence-corrected chi connectivity index (χ1v) is 7.47. The lowest BCUT2D eigenvalue weighted by atomic mass is 10.2. The zero-order valence-corrected chi connectivity index (χ0v) is 13.2. The Hall–Kier alpha value is -1.85. The first kappa shape index (κ1) is 14.1. The smallest absolute Gasteiger partial charge is 0.253 e. The number of carbonyl (C=O) groups excluding carboxylic acids is 1. The molecule has 1 aromatic carbocycles. The number of benzene rings is 1. The van der Waals surface area contributed by atoms with E-state index < -0.39 is 0 Å². The summed E-state index contributed by atoms with van der Waals surface area (Å²) in [7, 11) is 0. The topological polar surface area (TPSA) is 46.4 Å². The highest BCUT2D eigenvalue weighted by Crippen LogP contribution is 2.21. The van der Waals surface area contributed by atoms with E-state index in [0.29, 0.717) is 17.1 Å². The lowest BCUT2D eigenvalue weighted by molar-refractivity contribution is 0.0950. The van der Waals surface area contributed by atoms with Crippen LogP contribution in [0.2, 0.25) is 5.02 Å². The molecule has 0 aliphatic carbocycles.